The maximum absolute atomic E-state index is 6.02. The van der Waals surface area contributed by atoms with Gasteiger partial charge >= 0.3 is 0 Å². The van der Waals surface area contributed by atoms with E-state index in [1.54, 1.807) is 0 Å². The average molecular weight is 260 g/mol. The fraction of sp³-hybridized carbons (Fsp3) is 0.400. The van der Waals surface area contributed by atoms with Crippen molar-refractivity contribution in [3.05, 3.63) is 34.3 Å². The molecule has 1 atom stereocenters. The fourth-order valence-corrected chi connectivity index (χ4v) is 2.06. The Morgan fingerprint density at radius 1 is 1.54 bits per heavy atom. The second kappa shape index (κ2) is 5.68. The third-order valence-corrected chi connectivity index (χ3v) is 3.05. The molecule has 2 N–H and O–H groups in total. The van der Waals surface area contributed by atoms with E-state index in [4.69, 9.17) is 5.73 Å². The molecule has 0 aliphatic carbocycles. The second-order valence-corrected chi connectivity index (χ2v) is 4.84. The van der Waals surface area contributed by atoms with Crippen molar-refractivity contribution in [3.63, 3.8) is 0 Å². The number of nitrogens with two attached hydrogens (primary N) is 1. The number of benzene rings is 1. The summed E-state index contributed by atoms with van der Waals surface area (Å²) in [4.78, 5) is 0. The Morgan fingerprint density at radius 3 is 2.92 bits per heavy atom. The van der Waals surface area contributed by atoms with Gasteiger partial charge in [0.1, 0.15) is 0 Å². The molecule has 0 saturated heterocycles. The molecule has 1 nitrogen and oxygen atoms in total. The van der Waals surface area contributed by atoms with E-state index in [-0.39, 0.29) is 6.04 Å². The Kier molecular flexibility index (Phi) is 4.84. The molecule has 0 fully saturated rings. The van der Waals surface area contributed by atoms with Crippen LogP contribution < -0.4 is 5.73 Å². The first kappa shape index (κ1) is 11.1. The highest BCUT2D eigenvalue weighted by atomic mass is 79.9. The largest absolute Gasteiger partial charge is 0.324 e. The highest BCUT2D eigenvalue weighted by molar-refractivity contribution is 9.10. The van der Waals surface area contributed by atoms with E-state index < -0.39 is 0 Å². The predicted molar refractivity (Wildman–Crippen MR) is 64.1 cm³/mol. The lowest BCUT2D eigenvalue weighted by Crippen LogP contribution is -2.10. The van der Waals surface area contributed by atoms with Crippen molar-refractivity contribution in [1.29, 1.82) is 0 Å². The van der Waals surface area contributed by atoms with Crippen LogP contribution in [-0.4, -0.2) is 12.0 Å². The van der Waals surface area contributed by atoms with Crippen LogP contribution in [0.3, 0.4) is 0 Å². The summed E-state index contributed by atoms with van der Waals surface area (Å²) in [6, 6.07) is 8.38. The summed E-state index contributed by atoms with van der Waals surface area (Å²) in [6.45, 7) is 0. The molecule has 0 bridgehead atoms. The lowest BCUT2D eigenvalue weighted by molar-refractivity contribution is 0.705. The van der Waals surface area contributed by atoms with Crippen LogP contribution in [0.2, 0.25) is 0 Å². The quantitative estimate of drug-likeness (QED) is 0.899. The third kappa shape index (κ3) is 3.71. The van der Waals surface area contributed by atoms with Gasteiger partial charge in [0.05, 0.1) is 0 Å². The van der Waals surface area contributed by atoms with Crippen LogP contribution in [0.25, 0.3) is 0 Å². The summed E-state index contributed by atoms with van der Waals surface area (Å²) in [5.41, 5.74) is 7.23. The van der Waals surface area contributed by atoms with Crippen molar-refractivity contribution in [2.45, 2.75) is 12.5 Å². The highest BCUT2D eigenvalue weighted by Gasteiger charge is 2.04. The molecule has 0 aromatic heterocycles. The van der Waals surface area contributed by atoms with E-state index in [0.717, 1.165) is 16.6 Å². The summed E-state index contributed by atoms with van der Waals surface area (Å²) >= 11 is 5.27. The van der Waals surface area contributed by atoms with E-state index in [1.165, 1.54) is 5.56 Å². The first-order valence-electron chi connectivity index (χ1n) is 4.24. The molecular formula is C10H14BrNS. The molecule has 0 aliphatic rings. The zero-order chi connectivity index (χ0) is 9.68. The molecular weight excluding hydrogens is 246 g/mol. The first-order chi connectivity index (χ1) is 6.24. The number of hydrogen-bond acceptors (Lipinski definition) is 2. The van der Waals surface area contributed by atoms with Crippen molar-refractivity contribution in [2.24, 2.45) is 5.73 Å². The predicted octanol–water partition coefficient (Wildman–Crippen LogP) is 3.20. The van der Waals surface area contributed by atoms with E-state index in [1.807, 2.05) is 23.9 Å². The standard InChI is InChI=1S/C10H14BrNS/c1-13-6-5-10(12)8-3-2-4-9(11)7-8/h2-4,7,10H,5-6,12H2,1H3. The van der Waals surface area contributed by atoms with E-state index >= 15 is 0 Å². The van der Waals surface area contributed by atoms with Gasteiger partial charge in [-0.1, -0.05) is 28.1 Å². The molecule has 3 heteroatoms. The average Bonchev–Trinajstić information content (AvgIpc) is 2.14. The van der Waals surface area contributed by atoms with Crippen molar-refractivity contribution in [2.75, 3.05) is 12.0 Å². The maximum Gasteiger partial charge on any atom is 0.0303 e. The molecule has 72 valence electrons. The van der Waals surface area contributed by atoms with Crippen LogP contribution in [-0.2, 0) is 0 Å². The molecule has 0 amide bonds. The van der Waals surface area contributed by atoms with Gasteiger partial charge in [-0.2, -0.15) is 11.8 Å². The van der Waals surface area contributed by atoms with Crippen LogP contribution in [0.5, 0.6) is 0 Å². The maximum atomic E-state index is 6.02. The van der Waals surface area contributed by atoms with Gasteiger partial charge in [-0.3, -0.25) is 0 Å². The molecule has 0 heterocycles. The SMILES string of the molecule is CSCCC(N)c1cccc(Br)c1. The zero-order valence-corrected chi connectivity index (χ0v) is 10.1. The minimum Gasteiger partial charge on any atom is -0.324 e. The van der Waals surface area contributed by atoms with E-state index in [0.29, 0.717) is 0 Å². The molecule has 0 saturated carbocycles. The smallest absolute Gasteiger partial charge is 0.0303 e. The summed E-state index contributed by atoms with van der Waals surface area (Å²) in [7, 11) is 0. The van der Waals surface area contributed by atoms with Crippen molar-refractivity contribution in [3.8, 4) is 0 Å². The summed E-state index contributed by atoms with van der Waals surface area (Å²) < 4.78 is 1.10. The van der Waals surface area contributed by atoms with Crippen molar-refractivity contribution >= 4 is 27.7 Å². The molecule has 1 aromatic rings. The van der Waals surface area contributed by atoms with Crippen LogP contribution in [0, 0.1) is 0 Å². The van der Waals surface area contributed by atoms with Gasteiger partial charge in [0, 0.05) is 10.5 Å². The normalized spacial score (nSPS) is 12.8. The first-order valence-corrected chi connectivity index (χ1v) is 6.42. The van der Waals surface area contributed by atoms with Gasteiger partial charge in [0.25, 0.3) is 0 Å². The Hall–Kier alpha value is 0.01000. The monoisotopic (exact) mass is 259 g/mol. The van der Waals surface area contributed by atoms with Crippen molar-refractivity contribution < 1.29 is 0 Å². The van der Waals surface area contributed by atoms with E-state index in [9.17, 15) is 0 Å². The van der Waals surface area contributed by atoms with Crippen LogP contribution in [0.1, 0.15) is 18.0 Å². The van der Waals surface area contributed by atoms with Gasteiger partial charge in [-0.05, 0) is 36.1 Å². The minimum atomic E-state index is 0.171. The molecule has 1 rings (SSSR count). The lowest BCUT2D eigenvalue weighted by atomic mass is 10.1. The Bertz CT molecular complexity index is 265. The summed E-state index contributed by atoms with van der Waals surface area (Å²) in [5.74, 6) is 1.12. The Labute approximate surface area is 92.2 Å². The number of hydrogen-bond donors (Lipinski definition) is 1. The van der Waals surface area contributed by atoms with Gasteiger partial charge in [-0.15, -0.1) is 0 Å². The number of thioether (sulfide) groups is 1. The number of rotatable bonds is 4. The van der Waals surface area contributed by atoms with Gasteiger partial charge in [0.2, 0.25) is 0 Å². The molecule has 13 heavy (non-hydrogen) atoms. The van der Waals surface area contributed by atoms with Gasteiger partial charge in [-0.25, -0.2) is 0 Å². The topological polar surface area (TPSA) is 26.0 Å². The minimum absolute atomic E-state index is 0.171. The van der Waals surface area contributed by atoms with Crippen molar-refractivity contribution in [1.82, 2.24) is 0 Å². The summed E-state index contributed by atoms with van der Waals surface area (Å²) in [6.07, 6.45) is 3.14. The zero-order valence-electron chi connectivity index (χ0n) is 7.66. The van der Waals surface area contributed by atoms with Gasteiger partial charge < -0.3 is 5.73 Å². The second-order valence-electron chi connectivity index (χ2n) is 2.94. The molecule has 0 spiro atoms. The molecule has 0 radical (unpaired) electrons. The number of halogens is 1. The van der Waals surface area contributed by atoms with E-state index in [2.05, 4.69) is 34.3 Å². The molecule has 1 aromatic carbocycles. The summed E-state index contributed by atoms with van der Waals surface area (Å²) in [5, 5.41) is 0. The van der Waals surface area contributed by atoms with Crippen LogP contribution in [0.15, 0.2) is 28.7 Å². The third-order valence-electron chi connectivity index (χ3n) is 1.91. The molecule has 1 unspecified atom stereocenters. The highest BCUT2D eigenvalue weighted by Crippen LogP contribution is 2.19. The fourth-order valence-electron chi connectivity index (χ4n) is 1.15. The lowest BCUT2D eigenvalue weighted by Gasteiger charge is -2.11. The Balaban J connectivity index is 2.60. The van der Waals surface area contributed by atoms with Crippen LogP contribution in [0.4, 0.5) is 0 Å². The van der Waals surface area contributed by atoms with Crippen LogP contribution >= 0.6 is 27.7 Å². The Morgan fingerprint density at radius 2 is 2.31 bits per heavy atom. The molecule has 0 aliphatic heterocycles. The van der Waals surface area contributed by atoms with Gasteiger partial charge in [0.15, 0.2) is 0 Å².